The van der Waals surface area contributed by atoms with Crippen molar-refractivity contribution in [3.05, 3.63) is 72.2 Å². The van der Waals surface area contributed by atoms with Crippen LogP contribution in [0.3, 0.4) is 0 Å². The molecule has 15 fully saturated rings. The zero-order valence-corrected chi connectivity index (χ0v) is 83.6. The normalized spacial score (nSPS) is 28.5. The third kappa shape index (κ3) is 22.4. The summed E-state index contributed by atoms with van der Waals surface area (Å²) in [5.41, 5.74) is 9.53. The van der Waals surface area contributed by atoms with Crippen LogP contribution in [-0.4, -0.2) is 443 Å². The second kappa shape index (κ2) is 47.4. The van der Waals surface area contributed by atoms with E-state index in [1.54, 1.807) is 23.1 Å². The lowest BCUT2D eigenvalue weighted by Crippen LogP contribution is -2.59. The van der Waals surface area contributed by atoms with Crippen LogP contribution in [-0.2, 0) is 127 Å². The van der Waals surface area contributed by atoms with E-state index in [1.807, 2.05) is 0 Å². The Balaban J connectivity index is 0.464. The number of likely N-dealkylation sites (tertiary alicyclic amines) is 15. The highest BCUT2D eigenvalue weighted by Crippen LogP contribution is 2.40. The van der Waals surface area contributed by atoms with Crippen LogP contribution >= 0.6 is 0 Å². The molecule has 15 aliphatic rings. The molecule has 0 bridgehead atoms. The Hall–Kier alpha value is -13.1. The van der Waals surface area contributed by atoms with Gasteiger partial charge >= 0.3 is 0 Å². The van der Waals surface area contributed by atoms with Crippen molar-refractivity contribution in [2.75, 3.05) is 125 Å². The average Bonchev–Trinajstić information content (AvgIpc) is 1.63. The third-order valence-electron chi connectivity index (χ3n) is 32.4. The number of carbonyl (C=O) groups is 18. The van der Waals surface area contributed by atoms with Gasteiger partial charge in [-0.15, -0.1) is 42.3 Å². The van der Waals surface area contributed by atoms with Crippen LogP contribution in [0.5, 0.6) is 0 Å². The molecular weight excluding hydrogens is 1900 g/mol. The molecule has 2 aromatic rings. The fraction of sp³-hybridized carbons (Fsp3) is 0.700. The molecule has 0 radical (unpaired) electrons. The number of hydrogen-bond acceptors (Lipinski definition) is 26. The number of rotatable bonds is 36. The minimum atomic E-state index is -1.05. The van der Waals surface area contributed by atoms with Gasteiger partial charge < -0.3 is 98.3 Å². The predicted octanol–water partition coefficient (Wildman–Crippen LogP) is -0.497. The van der Waals surface area contributed by atoms with E-state index in [4.69, 9.17) is 26.2 Å². The molecule has 17 heterocycles. The Bertz CT molecular complexity index is 5480. The lowest BCUT2D eigenvalue weighted by molar-refractivity contribution is -0.155. The second-order valence-corrected chi connectivity index (χ2v) is 41.2. The monoisotopic (exact) mass is 2040 g/mol. The zero-order chi connectivity index (χ0) is 104. The SMILES string of the molecule is C#CCCC(=O)[C@@H]1CCCN1C(=O)[C@@H]1CCCN1C(=O)[C@@H]1C[C@@H](OCC=C)CN1C(=O)Cn1cc(CNC(=O)[C@@H]2CCCN2C(=O)[C@@H]2CCCN2C(=O)[C@@H]2C[C@@H](OCC=C)CN2C(=O)Cn2cc(CNC(=O)[C@@H]3CCCN3C(=O)[C@@H]3CCCN3C(=O)[C@@H]3CCCN3C(=O)[C@@H]3CCCN3C(=O)[C@@H]3CCCN3C(=O)[C@@H]3CCCN3C(=O)[C@@H]3CCCN3C(=O)[C@@H]3CCCN3C(=O)[C@@H]3C[C@@H](OCC=C)CN3C(=O)CN=[N+]=[N-])nn2)nn1. The number of amides is 17. The Morgan fingerprint density at radius 3 is 0.830 bits per heavy atom. The van der Waals surface area contributed by atoms with Gasteiger partial charge in [-0.05, 0) is 160 Å². The topological polar surface area (TPSA) is 518 Å². The van der Waals surface area contributed by atoms with Crippen LogP contribution in [0, 0.1) is 12.3 Å². The molecule has 17 amide bonds. The van der Waals surface area contributed by atoms with Gasteiger partial charge in [0, 0.05) is 135 Å². The zero-order valence-electron chi connectivity index (χ0n) is 83.6. The third-order valence-corrected chi connectivity index (χ3v) is 32.4. The van der Waals surface area contributed by atoms with Gasteiger partial charge in [0.15, 0.2) is 5.78 Å². The number of terminal acetylenes is 1. The van der Waals surface area contributed by atoms with Crippen LogP contribution in [0.2, 0.25) is 0 Å². The van der Waals surface area contributed by atoms with Gasteiger partial charge in [0.2, 0.25) is 100 Å². The van der Waals surface area contributed by atoms with Crippen molar-refractivity contribution in [2.24, 2.45) is 5.11 Å². The molecule has 2 N–H and O–H groups in total. The van der Waals surface area contributed by atoms with Gasteiger partial charge in [0.1, 0.15) is 116 Å². The molecular formula is C100H136N26O21. The summed E-state index contributed by atoms with van der Waals surface area (Å²) >= 11 is 0. The smallest absolute Gasteiger partial charge is 0.246 e. The highest BCUT2D eigenvalue weighted by Gasteiger charge is 2.57. The van der Waals surface area contributed by atoms with Crippen molar-refractivity contribution in [3.63, 3.8) is 0 Å². The molecule has 0 aromatic carbocycles. The first-order valence-corrected chi connectivity index (χ1v) is 52.7. The first-order valence-electron chi connectivity index (χ1n) is 52.7. The molecule has 15 saturated heterocycles. The number of ketones is 1. The first kappa shape index (κ1) is 105. The molecule has 0 spiro atoms. The molecule has 0 aliphatic carbocycles. The van der Waals surface area contributed by atoms with Crippen LogP contribution in [0.4, 0.5) is 0 Å². The summed E-state index contributed by atoms with van der Waals surface area (Å²) in [7, 11) is 0. The fourth-order valence-corrected chi connectivity index (χ4v) is 25.3. The number of nitrogens with one attached hydrogen (secondary N) is 2. The molecule has 0 unspecified atom stereocenters. The van der Waals surface area contributed by atoms with E-state index in [0.717, 1.165) is 0 Å². The fourth-order valence-electron chi connectivity index (χ4n) is 25.3. The maximum absolute atomic E-state index is 15.1. The predicted molar refractivity (Wildman–Crippen MR) is 518 cm³/mol. The van der Waals surface area contributed by atoms with Gasteiger partial charge in [-0.1, -0.05) is 33.8 Å². The summed E-state index contributed by atoms with van der Waals surface area (Å²) in [4.78, 5) is 287. The molecule has 17 rings (SSSR count). The van der Waals surface area contributed by atoms with E-state index in [2.05, 4.69) is 66.9 Å². The van der Waals surface area contributed by atoms with Gasteiger partial charge in [-0.2, -0.15) is 0 Å². The van der Waals surface area contributed by atoms with Crippen LogP contribution in [0.15, 0.2) is 55.5 Å². The summed E-state index contributed by atoms with van der Waals surface area (Å²) < 4.78 is 20.5. The number of azide groups is 1. The maximum Gasteiger partial charge on any atom is 0.246 e. The van der Waals surface area contributed by atoms with E-state index in [0.29, 0.717) is 173 Å². The largest absolute Gasteiger partial charge is 0.372 e. The number of ether oxygens (including phenoxy) is 3. The van der Waals surface area contributed by atoms with Crippen molar-refractivity contribution >= 4 is 106 Å². The summed E-state index contributed by atoms with van der Waals surface area (Å²) in [6, 6.07) is -13.6. The molecule has 0 saturated carbocycles. The van der Waals surface area contributed by atoms with Crippen molar-refractivity contribution in [1.29, 1.82) is 0 Å². The average molecular weight is 2040 g/mol. The lowest BCUT2D eigenvalue weighted by Gasteiger charge is -2.37. The van der Waals surface area contributed by atoms with E-state index >= 15 is 19.2 Å². The Morgan fingerprint density at radius 1 is 0.347 bits per heavy atom. The Labute approximate surface area is 852 Å². The van der Waals surface area contributed by atoms with Crippen LogP contribution in [0.25, 0.3) is 10.4 Å². The second-order valence-electron chi connectivity index (χ2n) is 41.2. The minimum absolute atomic E-state index is 0.0244. The highest BCUT2D eigenvalue weighted by atomic mass is 16.5. The van der Waals surface area contributed by atoms with Crippen LogP contribution < -0.4 is 10.6 Å². The van der Waals surface area contributed by atoms with E-state index < -0.39 is 210 Å². The molecule has 18 atom stereocenters. The standard InChI is InChI=1S/C100H136N26O21/c1-5-9-34-83(127)68-22-10-35-112(68)89(133)71-25-19-44-121(71)99(143)81-51-66(146-48-7-3)59-125(81)85(129)61-110-57-64(106-108-110)54-103-88(132)70-24-12-37-114(70)91(135)73-27-20-45-122(73)100(144)82-52-67(147-49-8-4)60-126(82)86(130)62-111-56-63(105-109-111)53-102-87(131)69-23-11-36-113(69)90(134)72-26-13-38-115(72)92(136)74-28-14-39-116(74)93(137)75-29-15-40-117(75)94(138)76-30-16-41-118(76)95(139)77-31-17-42-119(77)96(140)78-32-18-43-120(78)97(141)79-33-21-46-123(79)98(142)80-50-65(145-47-6-2)58-124(80)84(128)55-104-107-101/h1,6-8,56-57,65-82H,2-4,9-55,58-62H2,(H,102,131)(H,103,132)/t65-,66-,67-,68+,69+,70+,71+,72+,73+,74+,75+,76+,77+,78+,79+,80+,81+,82+/m1/s1. The van der Waals surface area contributed by atoms with Gasteiger partial charge in [0.05, 0.1) is 69.7 Å². The lowest BCUT2D eigenvalue weighted by atomic mass is 10.0. The molecule has 15 aliphatic heterocycles. The maximum atomic E-state index is 15.1. The minimum Gasteiger partial charge on any atom is -0.372 e. The van der Waals surface area contributed by atoms with E-state index in [1.165, 1.54) is 90.4 Å². The Kier molecular flexibility index (Phi) is 33.9. The Morgan fingerprint density at radius 2 is 0.578 bits per heavy atom. The van der Waals surface area contributed by atoms with Crippen molar-refractivity contribution < 1.29 is 101 Å². The summed E-state index contributed by atoms with van der Waals surface area (Å²) in [6.07, 6.45) is 22.7. The van der Waals surface area contributed by atoms with Crippen molar-refractivity contribution in [1.82, 2.24) is 114 Å². The quantitative estimate of drug-likeness (QED) is 0.0286. The molecule has 792 valence electrons. The number of hydrogen-bond donors (Lipinski definition) is 2. The van der Waals surface area contributed by atoms with E-state index in [-0.39, 0.29) is 181 Å². The van der Waals surface area contributed by atoms with Gasteiger partial charge in [-0.3, -0.25) is 86.3 Å². The molecule has 2 aromatic heterocycles. The van der Waals surface area contributed by atoms with Crippen LogP contribution in [0.1, 0.15) is 198 Å². The number of Topliss-reactive ketones (excluding diaryl/α,β-unsaturated/α-hetero) is 1. The van der Waals surface area contributed by atoms with Gasteiger partial charge in [-0.25, -0.2) is 9.36 Å². The first-order chi connectivity index (χ1) is 71.2. The van der Waals surface area contributed by atoms with Gasteiger partial charge in [0.25, 0.3) is 0 Å². The highest BCUT2D eigenvalue weighted by molar-refractivity contribution is 6.02. The van der Waals surface area contributed by atoms with Crippen molar-refractivity contribution in [2.45, 2.75) is 321 Å². The number of nitrogens with zero attached hydrogens (tertiary/aromatic N) is 24. The van der Waals surface area contributed by atoms with Crippen molar-refractivity contribution in [3.8, 4) is 12.3 Å². The molecule has 47 nitrogen and oxygen atoms in total. The summed E-state index contributed by atoms with van der Waals surface area (Å²) in [5, 5.41) is 26.1. The summed E-state index contributed by atoms with van der Waals surface area (Å²) in [5.74, 6) is -4.87. The number of aromatic nitrogens is 6. The van der Waals surface area contributed by atoms with E-state index in [9.17, 15) is 67.1 Å². The summed E-state index contributed by atoms with van der Waals surface area (Å²) in [6.45, 7) is 13.5. The number of carbonyl (C=O) groups excluding carboxylic acids is 18. The molecule has 47 heteroatoms. The molecule has 147 heavy (non-hydrogen) atoms.